The average Bonchev–Trinajstić information content (AvgIpc) is 2.61. The summed E-state index contributed by atoms with van der Waals surface area (Å²) in [5.74, 6) is 1.13. The third-order valence-corrected chi connectivity index (χ3v) is 2.97. The predicted octanol–water partition coefficient (Wildman–Crippen LogP) is 2.90. The van der Waals surface area contributed by atoms with E-state index in [4.69, 9.17) is 0 Å². The summed E-state index contributed by atoms with van der Waals surface area (Å²) in [5.41, 5.74) is 1.17. The highest BCUT2D eigenvalue weighted by Gasteiger charge is 2.06. The molecule has 0 atom stereocenters. The van der Waals surface area contributed by atoms with Gasteiger partial charge >= 0.3 is 0 Å². The number of hydrogen-bond donors (Lipinski definition) is 1. The third kappa shape index (κ3) is 2.21. The Morgan fingerprint density at radius 1 is 1.31 bits per heavy atom. The highest BCUT2D eigenvalue weighted by atomic mass is 127. The number of rotatable bonds is 1. The molecule has 0 saturated carbocycles. The summed E-state index contributed by atoms with van der Waals surface area (Å²) in [6, 6.07) is 8.27. The van der Waals surface area contributed by atoms with E-state index in [-0.39, 0.29) is 0 Å². The second kappa shape index (κ2) is 4.09. The van der Waals surface area contributed by atoms with E-state index in [1.165, 1.54) is 15.7 Å². The largest absolute Gasteiger partial charge is 0.343 e. The first-order valence-corrected chi connectivity index (χ1v) is 5.49. The standard InChI is InChI=1S/C10H11IN2/c11-8-4-1-2-5-9(8)13-10-6-3-7-12-10/h1-2,4-5H,3,6-7H2,(H,12,13). The third-order valence-electron chi connectivity index (χ3n) is 2.03. The van der Waals surface area contributed by atoms with Crippen LogP contribution in [0, 0.1) is 3.57 Å². The van der Waals surface area contributed by atoms with Crippen LogP contribution in [0.2, 0.25) is 0 Å². The number of nitrogens with zero attached hydrogens (tertiary/aromatic N) is 1. The number of aliphatic imine (C=N–C) groups is 1. The summed E-state index contributed by atoms with van der Waals surface area (Å²) in [4.78, 5) is 4.37. The van der Waals surface area contributed by atoms with Crippen LogP contribution in [-0.2, 0) is 0 Å². The van der Waals surface area contributed by atoms with Crippen molar-refractivity contribution in [2.45, 2.75) is 12.8 Å². The molecule has 1 N–H and O–H groups in total. The molecule has 0 aliphatic carbocycles. The molecule has 0 bridgehead atoms. The molecule has 1 heterocycles. The molecule has 0 unspecified atom stereocenters. The van der Waals surface area contributed by atoms with Gasteiger partial charge in [0.15, 0.2) is 0 Å². The van der Waals surface area contributed by atoms with Crippen molar-refractivity contribution in [1.82, 2.24) is 0 Å². The number of halogens is 1. The molecule has 0 spiro atoms. The van der Waals surface area contributed by atoms with Gasteiger partial charge in [-0.1, -0.05) is 12.1 Å². The highest BCUT2D eigenvalue weighted by Crippen LogP contribution is 2.18. The van der Waals surface area contributed by atoms with Crippen LogP contribution in [0.3, 0.4) is 0 Å². The van der Waals surface area contributed by atoms with Crippen LogP contribution in [-0.4, -0.2) is 12.4 Å². The van der Waals surface area contributed by atoms with Gasteiger partial charge in [-0.3, -0.25) is 4.99 Å². The van der Waals surface area contributed by atoms with Crippen molar-refractivity contribution in [1.29, 1.82) is 0 Å². The molecule has 0 aromatic heterocycles. The van der Waals surface area contributed by atoms with E-state index in [1.807, 2.05) is 12.1 Å². The normalized spacial score (nSPS) is 15.6. The lowest BCUT2D eigenvalue weighted by Gasteiger charge is -2.06. The van der Waals surface area contributed by atoms with Crippen LogP contribution in [0.5, 0.6) is 0 Å². The first kappa shape index (κ1) is 8.99. The molecule has 0 saturated heterocycles. The van der Waals surface area contributed by atoms with Crippen molar-refractivity contribution in [2.75, 3.05) is 11.9 Å². The predicted molar refractivity (Wildman–Crippen MR) is 64.3 cm³/mol. The van der Waals surface area contributed by atoms with Gasteiger partial charge in [0.2, 0.25) is 0 Å². The lowest BCUT2D eigenvalue weighted by atomic mass is 10.3. The number of amidine groups is 1. The van der Waals surface area contributed by atoms with Crippen molar-refractivity contribution < 1.29 is 0 Å². The van der Waals surface area contributed by atoms with E-state index >= 15 is 0 Å². The van der Waals surface area contributed by atoms with Gasteiger partial charge in [0.1, 0.15) is 5.84 Å². The monoisotopic (exact) mass is 286 g/mol. The topological polar surface area (TPSA) is 24.4 Å². The summed E-state index contributed by atoms with van der Waals surface area (Å²) >= 11 is 2.33. The van der Waals surface area contributed by atoms with Gasteiger partial charge in [0.05, 0.1) is 5.69 Å². The molecule has 1 aromatic rings. The number of benzene rings is 1. The minimum Gasteiger partial charge on any atom is -0.343 e. The zero-order chi connectivity index (χ0) is 9.10. The lowest BCUT2D eigenvalue weighted by molar-refractivity contribution is 0.951. The maximum Gasteiger partial charge on any atom is 0.101 e. The number of hydrogen-bond acceptors (Lipinski definition) is 2. The van der Waals surface area contributed by atoms with Crippen molar-refractivity contribution in [3.8, 4) is 0 Å². The van der Waals surface area contributed by atoms with Gasteiger partial charge in [-0.05, 0) is 41.1 Å². The van der Waals surface area contributed by atoms with E-state index in [1.54, 1.807) is 0 Å². The van der Waals surface area contributed by atoms with Crippen molar-refractivity contribution >= 4 is 34.1 Å². The Kier molecular flexibility index (Phi) is 2.83. The van der Waals surface area contributed by atoms with Crippen molar-refractivity contribution in [2.24, 2.45) is 4.99 Å². The summed E-state index contributed by atoms with van der Waals surface area (Å²) in [7, 11) is 0. The quantitative estimate of drug-likeness (QED) is 0.789. The molecule has 0 amide bonds. The van der Waals surface area contributed by atoms with Crippen LogP contribution in [0.4, 0.5) is 5.69 Å². The Hall–Kier alpha value is -0.580. The number of anilines is 1. The molecule has 1 aliphatic heterocycles. The fourth-order valence-electron chi connectivity index (χ4n) is 1.36. The molecule has 68 valence electrons. The van der Waals surface area contributed by atoms with Crippen LogP contribution in [0.15, 0.2) is 29.3 Å². The summed E-state index contributed by atoms with van der Waals surface area (Å²) in [6.45, 7) is 0.978. The van der Waals surface area contributed by atoms with Crippen LogP contribution in [0.25, 0.3) is 0 Å². The molecule has 3 heteroatoms. The minimum absolute atomic E-state index is 0.978. The molecule has 0 fully saturated rings. The van der Waals surface area contributed by atoms with E-state index in [0.29, 0.717) is 0 Å². The fourth-order valence-corrected chi connectivity index (χ4v) is 1.88. The Labute approximate surface area is 91.6 Å². The van der Waals surface area contributed by atoms with Crippen LogP contribution < -0.4 is 5.32 Å². The Balaban J connectivity index is 2.13. The van der Waals surface area contributed by atoms with E-state index in [0.717, 1.165) is 18.8 Å². The van der Waals surface area contributed by atoms with Gasteiger partial charge in [0, 0.05) is 16.5 Å². The first-order valence-electron chi connectivity index (χ1n) is 4.41. The highest BCUT2D eigenvalue weighted by molar-refractivity contribution is 14.1. The molecular formula is C10H11IN2. The lowest BCUT2D eigenvalue weighted by Crippen LogP contribution is -2.09. The summed E-state index contributed by atoms with van der Waals surface area (Å²) in [6.07, 6.45) is 2.27. The van der Waals surface area contributed by atoms with Gasteiger partial charge in [0.25, 0.3) is 0 Å². The fraction of sp³-hybridized carbons (Fsp3) is 0.300. The van der Waals surface area contributed by atoms with Crippen LogP contribution in [0.1, 0.15) is 12.8 Å². The Morgan fingerprint density at radius 2 is 2.15 bits per heavy atom. The van der Waals surface area contributed by atoms with Gasteiger partial charge < -0.3 is 5.32 Å². The molecule has 13 heavy (non-hydrogen) atoms. The van der Waals surface area contributed by atoms with E-state index < -0.39 is 0 Å². The zero-order valence-corrected chi connectivity index (χ0v) is 9.41. The molecule has 1 aliphatic rings. The number of nitrogens with one attached hydrogen (secondary N) is 1. The molecule has 0 radical (unpaired) electrons. The zero-order valence-electron chi connectivity index (χ0n) is 7.26. The Morgan fingerprint density at radius 3 is 2.85 bits per heavy atom. The second-order valence-corrected chi connectivity index (χ2v) is 4.20. The van der Waals surface area contributed by atoms with E-state index in [2.05, 4.69) is 45.0 Å². The average molecular weight is 286 g/mol. The summed E-state index contributed by atoms with van der Waals surface area (Å²) < 4.78 is 1.25. The second-order valence-electron chi connectivity index (χ2n) is 3.04. The van der Waals surface area contributed by atoms with Gasteiger partial charge in [-0.15, -0.1) is 0 Å². The van der Waals surface area contributed by atoms with Gasteiger partial charge in [-0.25, -0.2) is 0 Å². The first-order chi connectivity index (χ1) is 6.36. The molecule has 2 rings (SSSR count). The molecular weight excluding hydrogens is 275 g/mol. The van der Waals surface area contributed by atoms with E-state index in [9.17, 15) is 0 Å². The van der Waals surface area contributed by atoms with Crippen LogP contribution >= 0.6 is 22.6 Å². The number of para-hydroxylation sites is 1. The summed E-state index contributed by atoms with van der Waals surface area (Å²) in [5, 5.41) is 3.35. The molecule has 2 nitrogen and oxygen atoms in total. The SMILES string of the molecule is Ic1ccccc1NC1=NCCC1. The Bertz CT molecular complexity index is 333. The van der Waals surface area contributed by atoms with Gasteiger partial charge in [-0.2, -0.15) is 0 Å². The maximum absolute atomic E-state index is 4.37. The van der Waals surface area contributed by atoms with Crippen molar-refractivity contribution in [3.05, 3.63) is 27.8 Å². The smallest absolute Gasteiger partial charge is 0.101 e. The van der Waals surface area contributed by atoms with Crippen molar-refractivity contribution in [3.63, 3.8) is 0 Å². The molecule has 1 aromatic carbocycles. The maximum atomic E-state index is 4.37. The minimum atomic E-state index is 0.978.